The number of ether oxygens (including phenoxy) is 1. The Morgan fingerprint density at radius 2 is 1.93 bits per heavy atom. The summed E-state index contributed by atoms with van der Waals surface area (Å²) >= 11 is 0. The van der Waals surface area contributed by atoms with Gasteiger partial charge in [0.05, 0.1) is 6.54 Å². The first kappa shape index (κ1) is 20.0. The van der Waals surface area contributed by atoms with E-state index >= 15 is 0 Å². The molecule has 6 nitrogen and oxygen atoms in total. The lowest BCUT2D eigenvalue weighted by Crippen LogP contribution is -2.36. The van der Waals surface area contributed by atoms with Crippen LogP contribution in [-0.4, -0.2) is 42.7 Å². The van der Waals surface area contributed by atoms with Gasteiger partial charge in [0.25, 0.3) is 5.91 Å². The highest BCUT2D eigenvalue weighted by Crippen LogP contribution is 2.39. The number of likely N-dealkylation sites (N-methyl/N-ethyl adjacent to an activating group) is 1. The monoisotopic (exact) mass is 397 g/mol. The van der Waals surface area contributed by atoms with E-state index in [9.17, 15) is 9.59 Å². The first-order valence-electron chi connectivity index (χ1n) is 10.8. The van der Waals surface area contributed by atoms with E-state index in [1.54, 1.807) is 0 Å². The van der Waals surface area contributed by atoms with Crippen molar-refractivity contribution in [2.75, 3.05) is 26.3 Å². The minimum Gasteiger partial charge on any atom is -0.381 e. The van der Waals surface area contributed by atoms with Crippen LogP contribution in [0.1, 0.15) is 47.8 Å². The molecule has 0 saturated carbocycles. The second-order valence-corrected chi connectivity index (χ2v) is 8.31. The smallest absolute Gasteiger partial charge is 0.251 e. The fourth-order valence-electron chi connectivity index (χ4n) is 5.06. The lowest BCUT2D eigenvalue weighted by molar-refractivity contribution is -0.120. The summed E-state index contributed by atoms with van der Waals surface area (Å²) in [6.07, 6.45) is 5.75. The van der Waals surface area contributed by atoms with Gasteiger partial charge in [-0.2, -0.15) is 0 Å². The van der Waals surface area contributed by atoms with E-state index in [2.05, 4.69) is 22.2 Å². The highest BCUT2D eigenvalue weighted by Gasteiger charge is 2.30. The van der Waals surface area contributed by atoms with Crippen molar-refractivity contribution in [3.63, 3.8) is 0 Å². The number of nitrogens with zero attached hydrogens (tertiary/aromatic N) is 1. The summed E-state index contributed by atoms with van der Waals surface area (Å²) in [5.41, 5.74) is 4.61. The average molecular weight is 398 g/mol. The minimum atomic E-state index is -0.201. The topological polar surface area (TPSA) is 72.4 Å². The van der Waals surface area contributed by atoms with Crippen LogP contribution in [-0.2, 0) is 29.4 Å². The molecule has 1 aliphatic heterocycles. The fraction of sp³-hybridized carbons (Fsp3) is 0.565. The maximum atomic E-state index is 12.6. The number of nitrogens with one attached hydrogen (secondary N) is 2. The van der Waals surface area contributed by atoms with Gasteiger partial charge in [-0.05, 0) is 74.6 Å². The van der Waals surface area contributed by atoms with E-state index in [-0.39, 0.29) is 18.4 Å². The van der Waals surface area contributed by atoms with Crippen molar-refractivity contribution in [1.82, 2.24) is 15.2 Å². The van der Waals surface area contributed by atoms with Gasteiger partial charge in [0, 0.05) is 49.0 Å². The number of benzene rings is 1. The van der Waals surface area contributed by atoms with Crippen molar-refractivity contribution in [2.24, 2.45) is 18.9 Å². The normalized spacial score (nSPS) is 19.7. The van der Waals surface area contributed by atoms with Gasteiger partial charge in [-0.15, -0.1) is 0 Å². The summed E-state index contributed by atoms with van der Waals surface area (Å²) < 4.78 is 7.85. The molecule has 1 unspecified atom stereocenters. The number of rotatable bonds is 5. The van der Waals surface area contributed by atoms with Crippen molar-refractivity contribution >= 4 is 22.7 Å². The molecule has 1 aromatic carbocycles. The molecule has 1 aliphatic carbocycles. The third-order valence-electron chi connectivity index (χ3n) is 6.63. The summed E-state index contributed by atoms with van der Waals surface area (Å²) in [6, 6.07) is 5.91. The van der Waals surface area contributed by atoms with Crippen molar-refractivity contribution in [3.8, 4) is 0 Å². The molecule has 29 heavy (non-hydrogen) atoms. The molecule has 0 bridgehead atoms. The van der Waals surface area contributed by atoms with Crippen LogP contribution in [0, 0.1) is 11.8 Å². The summed E-state index contributed by atoms with van der Waals surface area (Å²) in [5.74, 6) is 1.08. The molecule has 156 valence electrons. The number of aryl methyl sites for hydroxylation is 1. The molecule has 0 spiro atoms. The Morgan fingerprint density at radius 1 is 1.14 bits per heavy atom. The molecule has 1 saturated heterocycles. The molecule has 2 amide bonds. The van der Waals surface area contributed by atoms with Crippen LogP contribution in [0.4, 0.5) is 0 Å². The number of hydrogen-bond donors (Lipinski definition) is 2. The number of amides is 2. The zero-order valence-electron chi connectivity index (χ0n) is 17.4. The summed E-state index contributed by atoms with van der Waals surface area (Å²) in [4.78, 5) is 24.2. The largest absolute Gasteiger partial charge is 0.381 e. The predicted molar refractivity (Wildman–Crippen MR) is 113 cm³/mol. The molecule has 2 heterocycles. The highest BCUT2D eigenvalue weighted by molar-refractivity contribution is 6.00. The molecule has 1 fully saturated rings. The fourth-order valence-corrected chi connectivity index (χ4v) is 5.06. The van der Waals surface area contributed by atoms with E-state index < -0.39 is 0 Å². The average Bonchev–Trinajstić information content (AvgIpc) is 3.04. The molecule has 1 atom stereocenters. The van der Waals surface area contributed by atoms with Gasteiger partial charge in [0.1, 0.15) is 0 Å². The molecule has 6 heteroatoms. The maximum Gasteiger partial charge on any atom is 0.251 e. The van der Waals surface area contributed by atoms with Crippen LogP contribution < -0.4 is 10.6 Å². The van der Waals surface area contributed by atoms with Crippen LogP contribution in [0.2, 0.25) is 0 Å². The van der Waals surface area contributed by atoms with Crippen molar-refractivity contribution in [2.45, 2.75) is 39.0 Å². The summed E-state index contributed by atoms with van der Waals surface area (Å²) in [7, 11) is 2.13. The van der Waals surface area contributed by atoms with Gasteiger partial charge in [0.15, 0.2) is 0 Å². The molecule has 2 aliphatic rings. The highest BCUT2D eigenvalue weighted by atomic mass is 16.5. The van der Waals surface area contributed by atoms with Gasteiger partial charge in [0.2, 0.25) is 5.91 Å². The number of carbonyl (C=O) groups is 2. The van der Waals surface area contributed by atoms with Gasteiger partial charge < -0.3 is 19.9 Å². The molecule has 4 rings (SSSR count). The molecule has 2 N–H and O–H groups in total. The van der Waals surface area contributed by atoms with Crippen LogP contribution in [0.25, 0.3) is 10.9 Å². The van der Waals surface area contributed by atoms with E-state index in [4.69, 9.17) is 4.74 Å². The van der Waals surface area contributed by atoms with Crippen LogP contribution >= 0.6 is 0 Å². The van der Waals surface area contributed by atoms with Crippen LogP contribution in [0.15, 0.2) is 18.2 Å². The Bertz CT molecular complexity index is 912. The van der Waals surface area contributed by atoms with Crippen molar-refractivity contribution in [3.05, 3.63) is 35.0 Å². The van der Waals surface area contributed by atoms with Crippen molar-refractivity contribution < 1.29 is 14.3 Å². The molecular formula is C23H31N3O3. The molecular weight excluding hydrogens is 366 g/mol. The number of aromatic nitrogens is 1. The van der Waals surface area contributed by atoms with E-state index in [0.29, 0.717) is 18.0 Å². The minimum absolute atomic E-state index is 0.00341. The Labute approximate surface area is 172 Å². The van der Waals surface area contributed by atoms with Gasteiger partial charge in [-0.3, -0.25) is 9.59 Å². The Hall–Kier alpha value is -2.34. The van der Waals surface area contributed by atoms with E-state index in [1.807, 2.05) is 25.1 Å². The third-order valence-corrected chi connectivity index (χ3v) is 6.63. The van der Waals surface area contributed by atoms with Crippen LogP contribution in [0.5, 0.6) is 0 Å². The quantitative estimate of drug-likeness (QED) is 0.815. The second kappa shape index (κ2) is 8.57. The van der Waals surface area contributed by atoms with Gasteiger partial charge in [-0.25, -0.2) is 0 Å². The third kappa shape index (κ3) is 4.04. The van der Waals surface area contributed by atoms with Gasteiger partial charge in [-0.1, -0.05) is 0 Å². The maximum absolute atomic E-state index is 12.6. The molecule has 1 aromatic heterocycles. The molecule has 0 radical (unpaired) electrons. The predicted octanol–water partition coefficient (Wildman–Crippen LogP) is 2.58. The van der Waals surface area contributed by atoms with Gasteiger partial charge >= 0.3 is 0 Å². The Kier molecular flexibility index (Phi) is 5.90. The number of carbonyl (C=O) groups excluding carboxylic acids is 2. The number of fused-ring (bicyclic) bond motifs is 3. The zero-order valence-corrected chi connectivity index (χ0v) is 17.4. The zero-order chi connectivity index (χ0) is 20.4. The Balaban J connectivity index is 1.57. The molecule has 2 aromatic rings. The standard InChI is InChI=1S/C23H31N3O3/c1-3-24-22(27)14-25-23(28)17-5-7-21-19(13-17)18-12-16(4-6-20(18)26(21)2)15-8-10-29-11-9-15/h5,7,13,15-16H,3-4,6,8-12,14H2,1-2H3,(H,24,27)(H,25,28). The summed E-state index contributed by atoms with van der Waals surface area (Å²) in [5, 5.41) is 6.61. The summed E-state index contributed by atoms with van der Waals surface area (Å²) in [6.45, 7) is 4.20. The van der Waals surface area contributed by atoms with Crippen molar-refractivity contribution in [1.29, 1.82) is 0 Å². The SMILES string of the molecule is CCNC(=O)CNC(=O)c1ccc2c(c1)c1c(n2C)CCC(C2CCOCC2)C1. The van der Waals surface area contributed by atoms with E-state index in [0.717, 1.165) is 44.8 Å². The lowest BCUT2D eigenvalue weighted by atomic mass is 9.75. The lowest BCUT2D eigenvalue weighted by Gasteiger charge is -2.33. The van der Waals surface area contributed by atoms with Crippen LogP contribution in [0.3, 0.4) is 0 Å². The first-order chi connectivity index (χ1) is 14.1. The van der Waals surface area contributed by atoms with E-state index in [1.165, 1.54) is 28.6 Å². The Morgan fingerprint density at radius 3 is 2.69 bits per heavy atom. The second-order valence-electron chi connectivity index (χ2n) is 8.31. The number of hydrogen-bond acceptors (Lipinski definition) is 3. The first-order valence-corrected chi connectivity index (χ1v) is 10.8.